The van der Waals surface area contributed by atoms with Gasteiger partial charge in [-0.05, 0) is 66.1 Å². The van der Waals surface area contributed by atoms with E-state index >= 15 is 0 Å². The first-order valence-electron chi connectivity index (χ1n) is 12.4. The van der Waals surface area contributed by atoms with Crippen molar-refractivity contribution in [2.24, 2.45) is 0 Å². The first-order chi connectivity index (χ1) is 18.4. The SMILES string of the molecule is COc1cc2c(Nc3ccc(Br)c(Cl)c3)ncnc2cc1O[C@@H](CO)[C@@H](O)[C@H](O)[C@H](CO)N1CCCCC1. The second kappa shape index (κ2) is 13.2. The Morgan fingerprint density at radius 3 is 2.45 bits per heavy atom. The molecule has 206 valence electrons. The van der Waals surface area contributed by atoms with Crippen LogP contribution in [-0.4, -0.2) is 93.1 Å². The Morgan fingerprint density at radius 2 is 1.79 bits per heavy atom. The fourth-order valence-corrected chi connectivity index (χ4v) is 5.07. The second-order valence-corrected chi connectivity index (χ2v) is 10.4. The summed E-state index contributed by atoms with van der Waals surface area (Å²) in [5.74, 6) is 1.05. The van der Waals surface area contributed by atoms with Crippen LogP contribution in [-0.2, 0) is 0 Å². The van der Waals surface area contributed by atoms with E-state index in [2.05, 4.69) is 31.2 Å². The van der Waals surface area contributed by atoms with E-state index in [1.54, 1.807) is 18.2 Å². The van der Waals surface area contributed by atoms with Gasteiger partial charge in [-0.2, -0.15) is 0 Å². The van der Waals surface area contributed by atoms with Crippen molar-refractivity contribution in [2.45, 2.75) is 43.6 Å². The van der Waals surface area contributed by atoms with Crippen molar-refractivity contribution in [3.8, 4) is 11.5 Å². The van der Waals surface area contributed by atoms with Crippen LogP contribution < -0.4 is 14.8 Å². The van der Waals surface area contributed by atoms with Gasteiger partial charge >= 0.3 is 0 Å². The lowest BCUT2D eigenvalue weighted by molar-refractivity contribution is -0.105. The molecule has 10 nitrogen and oxygen atoms in total. The minimum Gasteiger partial charge on any atom is -0.493 e. The van der Waals surface area contributed by atoms with Crippen LogP contribution in [0.5, 0.6) is 11.5 Å². The molecule has 3 aromatic rings. The summed E-state index contributed by atoms with van der Waals surface area (Å²) in [4.78, 5) is 10.6. The molecule has 1 aliphatic rings. The number of methoxy groups -OCH3 is 1. The second-order valence-electron chi connectivity index (χ2n) is 9.16. The maximum Gasteiger partial charge on any atom is 0.164 e. The normalized spacial score (nSPS) is 17.6. The smallest absolute Gasteiger partial charge is 0.164 e. The fourth-order valence-electron chi connectivity index (χ4n) is 4.64. The van der Waals surface area contributed by atoms with Gasteiger partial charge in [-0.15, -0.1) is 0 Å². The molecule has 5 N–H and O–H groups in total. The summed E-state index contributed by atoms with van der Waals surface area (Å²) >= 11 is 9.59. The number of likely N-dealkylation sites (tertiary alicyclic amines) is 1. The zero-order chi connectivity index (χ0) is 27.2. The molecule has 2 heterocycles. The minimum atomic E-state index is -1.47. The fraction of sp³-hybridized carbons (Fsp3) is 0.462. The van der Waals surface area contributed by atoms with E-state index in [0.717, 1.165) is 42.5 Å². The number of aromatic nitrogens is 2. The first-order valence-corrected chi connectivity index (χ1v) is 13.6. The Balaban J connectivity index is 1.58. The van der Waals surface area contributed by atoms with Crippen LogP contribution >= 0.6 is 27.5 Å². The molecule has 0 aliphatic carbocycles. The number of piperidine rings is 1. The molecule has 1 aromatic heterocycles. The average molecular weight is 612 g/mol. The molecule has 1 aliphatic heterocycles. The van der Waals surface area contributed by atoms with Crippen molar-refractivity contribution in [1.29, 1.82) is 0 Å². The van der Waals surface area contributed by atoms with Crippen LogP contribution in [0.25, 0.3) is 10.9 Å². The van der Waals surface area contributed by atoms with Gasteiger partial charge in [0.1, 0.15) is 24.4 Å². The molecule has 4 atom stereocenters. The highest BCUT2D eigenvalue weighted by molar-refractivity contribution is 9.10. The topological polar surface area (TPSA) is 140 Å². The van der Waals surface area contributed by atoms with Crippen molar-refractivity contribution in [3.05, 3.63) is 46.2 Å². The Kier molecular flexibility index (Phi) is 9.99. The summed E-state index contributed by atoms with van der Waals surface area (Å²) in [6, 6.07) is 8.06. The number of benzene rings is 2. The highest BCUT2D eigenvalue weighted by Gasteiger charge is 2.37. The first kappa shape index (κ1) is 28.8. The number of hydrogen-bond donors (Lipinski definition) is 5. The molecule has 1 saturated heterocycles. The van der Waals surface area contributed by atoms with Gasteiger partial charge in [0, 0.05) is 21.6 Å². The van der Waals surface area contributed by atoms with Crippen LogP contribution in [0, 0.1) is 0 Å². The van der Waals surface area contributed by atoms with E-state index < -0.39 is 31.0 Å². The lowest BCUT2D eigenvalue weighted by Crippen LogP contribution is -2.56. The molecule has 38 heavy (non-hydrogen) atoms. The molecule has 4 rings (SSSR count). The lowest BCUT2D eigenvalue weighted by atomic mass is 9.98. The van der Waals surface area contributed by atoms with Gasteiger partial charge in [0.15, 0.2) is 17.6 Å². The third-order valence-electron chi connectivity index (χ3n) is 6.73. The van der Waals surface area contributed by atoms with E-state index in [4.69, 9.17) is 21.1 Å². The number of nitrogens with zero attached hydrogens (tertiary/aromatic N) is 3. The summed E-state index contributed by atoms with van der Waals surface area (Å²) in [6.45, 7) is 0.547. The Labute approximate surface area is 234 Å². The van der Waals surface area contributed by atoms with Gasteiger partial charge in [0.25, 0.3) is 0 Å². The number of hydrogen-bond acceptors (Lipinski definition) is 10. The summed E-state index contributed by atoms with van der Waals surface area (Å²) in [6.07, 6.45) is 0.423. The van der Waals surface area contributed by atoms with Crippen molar-refractivity contribution < 1.29 is 29.9 Å². The van der Waals surface area contributed by atoms with Gasteiger partial charge in [0.05, 0.1) is 36.9 Å². The van der Waals surface area contributed by atoms with Gasteiger partial charge in [0.2, 0.25) is 0 Å². The zero-order valence-corrected chi connectivity index (χ0v) is 23.3. The van der Waals surface area contributed by atoms with Crippen LogP contribution in [0.4, 0.5) is 11.5 Å². The summed E-state index contributed by atoms with van der Waals surface area (Å²) < 4.78 is 12.3. The average Bonchev–Trinajstić information content (AvgIpc) is 2.94. The number of aliphatic hydroxyl groups excluding tert-OH is 4. The number of aliphatic hydroxyl groups is 4. The molecule has 2 aromatic carbocycles. The Morgan fingerprint density at radius 1 is 1.03 bits per heavy atom. The minimum absolute atomic E-state index is 0.222. The van der Waals surface area contributed by atoms with Crippen molar-refractivity contribution in [3.63, 3.8) is 0 Å². The van der Waals surface area contributed by atoms with Crippen LogP contribution in [0.15, 0.2) is 41.1 Å². The third kappa shape index (κ3) is 6.48. The molecule has 0 spiro atoms. The van der Waals surface area contributed by atoms with Gasteiger partial charge in [-0.25, -0.2) is 9.97 Å². The monoisotopic (exact) mass is 610 g/mol. The molecule has 1 fully saturated rings. The molecular formula is C26H32BrClN4O6. The predicted octanol–water partition coefficient (Wildman–Crippen LogP) is 3.11. The van der Waals surface area contributed by atoms with Crippen molar-refractivity contribution in [2.75, 3.05) is 38.7 Å². The van der Waals surface area contributed by atoms with Crippen molar-refractivity contribution >= 4 is 49.9 Å². The summed E-state index contributed by atoms with van der Waals surface area (Å²) in [5, 5.41) is 46.2. The van der Waals surface area contributed by atoms with E-state index in [9.17, 15) is 20.4 Å². The number of ether oxygens (including phenoxy) is 2. The summed E-state index contributed by atoms with van der Waals surface area (Å²) in [7, 11) is 1.47. The maximum absolute atomic E-state index is 10.9. The van der Waals surface area contributed by atoms with Gasteiger partial charge < -0.3 is 35.2 Å². The molecule has 0 radical (unpaired) electrons. The predicted molar refractivity (Wildman–Crippen MR) is 148 cm³/mol. The molecule has 12 heteroatoms. The standard InChI is InChI=1S/C26H32BrClN4O6/c1-37-21-10-16-19(29-14-30-26(16)31-15-5-6-17(27)18(28)9-15)11-22(21)38-23(13-34)25(36)24(35)20(12-33)32-7-3-2-4-8-32/h5-6,9-11,14,20,23-25,33-36H,2-4,7-8,12-13H2,1H3,(H,29,30,31)/t20-,23-,24+,25+/m0/s1. The number of rotatable bonds is 11. The summed E-state index contributed by atoms with van der Waals surface area (Å²) in [5.41, 5.74) is 1.25. The van der Waals surface area contributed by atoms with Crippen LogP contribution in [0.3, 0.4) is 0 Å². The lowest BCUT2D eigenvalue weighted by Gasteiger charge is -2.39. The maximum atomic E-state index is 10.9. The van der Waals surface area contributed by atoms with Gasteiger partial charge in [-0.3, -0.25) is 4.90 Å². The number of anilines is 2. The molecule has 0 unspecified atom stereocenters. The van der Waals surface area contributed by atoms with Crippen molar-refractivity contribution in [1.82, 2.24) is 14.9 Å². The molecular weight excluding hydrogens is 580 g/mol. The zero-order valence-electron chi connectivity index (χ0n) is 20.9. The van der Waals surface area contributed by atoms with Crippen LogP contribution in [0.2, 0.25) is 5.02 Å². The molecule has 0 bridgehead atoms. The molecule has 0 saturated carbocycles. The van der Waals surface area contributed by atoms with E-state index in [1.807, 2.05) is 17.0 Å². The highest BCUT2D eigenvalue weighted by atomic mass is 79.9. The number of nitrogens with one attached hydrogen (secondary N) is 1. The van der Waals surface area contributed by atoms with E-state index in [0.29, 0.717) is 27.5 Å². The van der Waals surface area contributed by atoms with E-state index in [-0.39, 0.29) is 12.4 Å². The van der Waals surface area contributed by atoms with E-state index in [1.165, 1.54) is 13.4 Å². The third-order valence-corrected chi connectivity index (χ3v) is 7.97. The van der Waals surface area contributed by atoms with Gasteiger partial charge in [-0.1, -0.05) is 18.0 Å². The Hall–Kier alpha value is -2.25. The largest absolute Gasteiger partial charge is 0.493 e. The quantitative estimate of drug-likeness (QED) is 0.220. The molecule has 0 amide bonds. The number of halogens is 2. The Bertz CT molecular complexity index is 1230. The van der Waals surface area contributed by atoms with Crippen LogP contribution in [0.1, 0.15) is 19.3 Å². The number of fused-ring (bicyclic) bond motifs is 1. The highest BCUT2D eigenvalue weighted by Crippen LogP contribution is 2.36.